The van der Waals surface area contributed by atoms with Gasteiger partial charge in [0.05, 0.1) is 13.2 Å². The van der Waals surface area contributed by atoms with Gasteiger partial charge in [-0.2, -0.15) is 4.31 Å². The summed E-state index contributed by atoms with van der Waals surface area (Å²) < 4.78 is 37.8. The number of ether oxygens (including phenoxy) is 2. The number of aliphatic imine (C=N–C) groups is 1. The van der Waals surface area contributed by atoms with Gasteiger partial charge in [0, 0.05) is 45.4 Å². The number of hydrogen-bond donors (Lipinski definition) is 2. The third-order valence-corrected chi connectivity index (χ3v) is 7.34. The summed E-state index contributed by atoms with van der Waals surface area (Å²) in [6.45, 7) is 1.98. The average molecular weight is 425 g/mol. The fourth-order valence-corrected chi connectivity index (χ4v) is 4.95. The fourth-order valence-electron chi connectivity index (χ4n) is 2.57. The summed E-state index contributed by atoms with van der Waals surface area (Å²) in [4.78, 5) is 4.18. The fraction of sp³-hybridized carbons (Fsp3) is 0.389. The van der Waals surface area contributed by atoms with Crippen LogP contribution >= 0.6 is 11.3 Å². The highest BCUT2D eigenvalue weighted by Crippen LogP contribution is 2.32. The Morgan fingerprint density at radius 2 is 2.04 bits per heavy atom. The van der Waals surface area contributed by atoms with E-state index in [1.165, 1.54) is 15.6 Å². The third-order valence-electron chi connectivity index (χ3n) is 4.11. The van der Waals surface area contributed by atoms with Crippen LogP contribution in [0.4, 0.5) is 5.69 Å². The minimum Gasteiger partial charge on any atom is -0.490 e. The van der Waals surface area contributed by atoms with Crippen molar-refractivity contribution in [2.45, 2.75) is 10.6 Å². The molecule has 1 aromatic heterocycles. The largest absolute Gasteiger partial charge is 0.490 e. The van der Waals surface area contributed by atoms with Crippen molar-refractivity contribution in [2.75, 3.05) is 45.7 Å². The van der Waals surface area contributed by atoms with Crippen LogP contribution in [-0.2, 0) is 10.0 Å². The second-order valence-electron chi connectivity index (χ2n) is 6.09. The molecule has 0 spiro atoms. The zero-order valence-corrected chi connectivity index (χ0v) is 17.5. The average Bonchev–Trinajstić information content (AvgIpc) is 3.14. The molecule has 28 heavy (non-hydrogen) atoms. The molecule has 2 N–H and O–H groups in total. The van der Waals surface area contributed by atoms with Gasteiger partial charge in [-0.15, -0.1) is 11.3 Å². The lowest BCUT2D eigenvalue weighted by Crippen LogP contribution is -2.38. The van der Waals surface area contributed by atoms with E-state index in [1.54, 1.807) is 31.6 Å². The van der Waals surface area contributed by atoms with Crippen LogP contribution in [0, 0.1) is 0 Å². The summed E-state index contributed by atoms with van der Waals surface area (Å²) in [5.74, 6) is 1.96. The Labute approximate surface area is 169 Å². The van der Waals surface area contributed by atoms with Crippen LogP contribution in [0.3, 0.4) is 0 Å². The molecular formula is C18H24N4O4S2. The van der Waals surface area contributed by atoms with Crippen molar-refractivity contribution in [3.8, 4) is 11.5 Å². The number of rotatable bonds is 6. The molecule has 0 aliphatic carbocycles. The van der Waals surface area contributed by atoms with Gasteiger partial charge in [0.1, 0.15) is 4.21 Å². The molecule has 0 saturated carbocycles. The molecule has 1 aliphatic heterocycles. The van der Waals surface area contributed by atoms with Gasteiger partial charge in [0.25, 0.3) is 10.0 Å². The highest BCUT2D eigenvalue weighted by Gasteiger charge is 2.21. The molecule has 0 bridgehead atoms. The van der Waals surface area contributed by atoms with Gasteiger partial charge in [-0.1, -0.05) is 6.07 Å². The van der Waals surface area contributed by atoms with E-state index in [4.69, 9.17) is 9.47 Å². The number of benzene rings is 1. The van der Waals surface area contributed by atoms with E-state index in [0.29, 0.717) is 42.2 Å². The molecule has 10 heteroatoms. The molecule has 0 fully saturated rings. The summed E-state index contributed by atoms with van der Waals surface area (Å²) in [5, 5.41) is 8.05. The second-order valence-corrected chi connectivity index (χ2v) is 9.31. The van der Waals surface area contributed by atoms with E-state index in [2.05, 4.69) is 15.6 Å². The highest BCUT2D eigenvalue weighted by molar-refractivity contribution is 7.91. The maximum atomic E-state index is 12.4. The standard InChI is InChI=1S/C18H24N4O4S2/c1-19-18(20-8-9-22(2)28(23,24)17-5-3-12-27-17)21-14-6-7-15-16(13-14)26-11-4-10-25-15/h3,5-7,12-13H,4,8-11H2,1-2H3,(H2,19,20,21). The smallest absolute Gasteiger partial charge is 0.252 e. The van der Waals surface area contributed by atoms with E-state index >= 15 is 0 Å². The Kier molecular flexibility index (Phi) is 6.76. The summed E-state index contributed by atoms with van der Waals surface area (Å²) in [7, 11) is -0.228. The molecule has 0 saturated heterocycles. The molecule has 0 atom stereocenters. The maximum absolute atomic E-state index is 12.4. The lowest BCUT2D eigenvalue weighted by atomic mass is 10.3. The Bertz CT molecular complexity index is 914. The van der Waals surface area contributed by atoms with Crippen LogP contribution in [0.5, 0.6) is 11.5 Å². The second kappa shape index (κ2) is 9.26. The summed E-state index contributed by atoms with van der Waals surface area (Å²) in [6.07, 6.45) is 0.850. The molecule has 2 aromatic rings. The quantitative estimate of drug-likeness (QED) is 0.546. The summed E-state index contributed by atoms with van der Waals surface area (Å²) >= 11 is 1.21. The van der Waals surface area contributed by atoms with E-state index in [-0.39, 0.29) is 0 Å². The van der Waals surface area contributed by atoms with Gasteiger partial charge < -0.3 is 20.1 Å². The predicted molar refractivity (Wildman–Crippen MR) is 111 cm³/mol. The molecule has 0 amide bonds. The zero-order chi connectivity index (χ0) is 20.0. The molecule has 0 unspecified atom stereocenters. The number of nitrogens with zero attached hydrogens (tertiary/aromatic N) is 2. The van der Waals surface area contributed by atoms with E-state index in [1.807, 2.05) is 18.2 Å². The molecule has 152 valence electrons. The number of guanidine groups is 1. The van der Waals surface area contributed by atoms with Crippen molar-refractivity contribution in [3.63, 3.8) is 0 Å². The Morgan fingerprint density at radius 1 is 1.25 bits per heavy atom. The first kappa shape index (κ1) is 20.4. The minimum atomic E-state index is -3.45. The molecular weight excluding hydrogens is 400 g/mol. The lowest BCUT2D eigenvalue weighted by Gasteiger charge is -2.18. The van der Waals surface area contributed by atoms with Crippen LogP contribution < -0.4 is 20.1 Å². The monoisotopic (exact) mass is 424 g/mol. The number of fused-ring (bicyclic) bond motifs is 1. The Hall–Kier alpha value is -2.30. The number of anilines is 1. The topological polar surface area (TPSA) is 92.3 Å². The zero-order valence-electron chi connectivity index (χ0n) is 15.8. The number of likely N-dealkylation sites (N-methyl/N-ethyl adjacent to an activating group) is 1. The van der Waals surface area contributed by atoms with Gasteiger partial charge in [0.2, 0.25) is 0 Å². The summed E-state index contributed by atoms with van der Waals surface area (Å²) in [6, 6.07) is 8.94. The van der Waals surface area contributed by atoms with Gasteiger partial charge in [-0.3, -0.25) is 4.99 Å². The number of sulfonamides is 1. The van der Waals surface area contributed by atoms with Gasteiger partial charge in [-0.05, 0) is 23.6 Å². The molecule has 8 nitrogen and oxygen atoms in total. The van der Waals surface area contributed by atoms with Crippen LogP contribution in [0.25, 0.3) is 0 Å². The first-order valence-electron chi connectivity index (χ1n) is 8.88. The normalized spacial score (nSPS) is 14.6. The molecule has 1 aliphatic rings. The van der Waals surface area contributed by atoms with E-state index in [9.17, 15) is 8.42 Å². The van der Waals surface area contributed by atoms with Crippen LogP contribution in [0.1, 0.15) is 6.42 Å². The van der Waals surface area contributed by atoms with E-state index < -0.39 is 10.0 Å². The lowest BCUT2D eigenvalue weighted by molar-refractivity contribution is 0.297. The van der Waals surface area contributed by atoms with Crippen molar-refractivity contribution >= 4 is 33.0 Å². The van der Waals surface area contributed by atoms with Gasteiger partial charge >= 0.3 is 0 Å². The van der Waals surface area contributed by atoms with Crippen molar-refractivity contribution in [2.24, 2.45) is 4.99 Å². The SMILES string of the molecule is CN=C(NCCN(C)S(=O)(=O)c1cccs1)Nc1ccc2c(c1)OCCCO2. The maximum Gasteiger partial charge on any atom is 0.252 e. The Balaban J connectivity index is 1.55. The molecule has 3 rings (SSSR count). The minimum absolute atomic E-state index is 0.308. The van der Waals surface area contributed by atoms with Gasteiger partial charge in [0.15, 0.2) is 17.5 Å². The van der Waals surface area contributed by atoms with Crippen molar-refractivity contribution in [1.29, 1.82) is 0 Å². The summed E-state index contributed by atoms with van der Waals surface area (Å²) in [5.41, 5.74) is 0.803. The Morgan fingerprint density at radius 3 is 2.75 bits per heavy atom. The molecule has 2 heterocycles. The first-order valence-corrected chi connectivity index (χ1v) is 11.2. The molecule has 1 aromatic carbocycles. The van der Waals surface area contributed by atoms with Crippen LogP contribution in [0.15, 0.2) is 44.9 Å². The number of nitrogens with one attached hydrogen (secondary N) is 2. The van der Waals surface area contributed by atoms with Crippen molar-refractivity contribution < 1.29 is 17.9 Å². The van der Waals surface area contributed by atoms with E-state index in [0.717, 1.165) is 17.9 Å². The van der Waals surface area contributed by atoms with Crippen molar-refractivity contribution in [1.82, 2.24) is 9.62 Å². The van der Waals surface area contributed by atoms with Crippen molar-refractivity contribution in [3.05, 3.63) is 35.7 Å². The number of hydrogen-bond acceptors (Lipinski definition) is 6. The first-order chi connectivity index (χ1) is 13.5. The highest BCUT2D eigenvalue weighted by atomic mass is 32.2. The van der Waals surface area contributed by atoms with Crippen LogP contribution in [-0.4, -0.2) is 59.1 Å². The molecule has 0 radical (unpaired) electrons. The number of thiophene rings is 1. The predicted octanol–water partition coefficient (Wildman–Crippen LogP) is 2.22. The van der Waals surface area contributed by atoms with Crippen LogP contribution in [0.2, 0.25) is 0 Å². The van der Waals surface area contributed by atoms with Gasteiger partial charge in [-0.25, -0.2) is 8.42 Å². The third kappa shape index (κ3) is 4.94.